The molecular weight excluding hydrogens is 326 g/mol. The van der Waals surface area contributed by atoms with Crippen molar-refractivity contribution in [3.63, 3.8) is 0 Å². The van der Waals surface area contributed by atoms with Crippen molar-refractivity contribution in [1.29, 1.82) is 0 Å². The molecule has 0 atom stereocenters. The Morgan fingerprint density at radius 2 is 2.16 bits per heavy atom. The van der Waals surface area contributed by atoms with Crippen molar-refractivity contribution in [1.82, 2.24) is 25.2 Å². The highest BCUT2D eigenvalue weighted by Gasteiger charge is 2.27. The number of rotatable bonds is 4. The van der Waals surface area contributed by atoms with Gasteiger partial charge >= 0.3 is 6.09 Å². The van der Waals surface area contributed by atoms with Gasteiger partial charge in [-0.25, -0.2) is 4.79 Å². The van der Waals surface area contributed by atoms with E-state index in [-0.39, 0.29) is 18.8 Å². The summed E-state index contributed by atoms with van der Waals surface area (Å²) in [4.78, 5) is 18.0. The van der Waals surface area contributed by atoms with Crippen molar-refractivity contribution in [2.45, 2.75) is 51.9 Å². The fourth-order valence-electron chi connectivity index (χ4n) is 2.52. The lowest BCUT2D eigenvalue weighted by atomic mass is 10.1. The second kappa shape index (κ2) is 7.22. The fraction of sp³-hybridized carbons (Fsp3) is 0.625. The summed E-state index contributed by atoms with van der Waals surface area (Å²) >= 11 is 0. The number of nitrogens with one attached hydrogen (secondary N) is 1. The Morgan fingerprint density at radius 1 is 1.40 bits per heavy atom. The fourth-order valence-corrected chi connectivity index (χ4v) is 2.52. The normalized spacial score (nSPS) is 16.2. The number of nitrogens with zero attached hydrogens (tertiary/aromatic N) is 4. The van der Waals surface area contributed by atoms with Crippen LogP contribution in [0.3, 0.4) is 0 Å². The van der Waals surface area contributed by atoms with Crippen molar-refractivity contribution in [2.75, 3.05) is 13.1 Å². The Morgan fingerprint density at radius 3 is 2.80 bits per heavy atom. The maximum absolute atomic E-state index is 12.0. The lowest BCUT2D eigenvalue weighted by Gasteiger charge is -2.33. The molecule has 0 radical (unpaired) electrons. The summed E-state index contributed by atoms with van der Waals surface area (Å²) in [5, 5.41) is 10.4. The minimum atomic E-state index is -0.476. The first-order valence-corrected chi connectivity index (χ1v) is 8.32. The summed E-state index contributed by atoms with van der Waals surface area (Å²) in [6.07, 6.45) is 4.61. The highest BCUT2D eigenvalue weighted by Crippen LogP contribution is 2.19. The van der Waals surface area contributed by atoms with Crippen molar-refractivity contribution in [3.8, 4) is 11.5 Å². The molecule has 1 amide bonds. The largest absolute Gasteiger partial charge is 0.444 e. The Hall–Kier alpha value is -2.42. The number of amides is 1. The molecule has 136 valence electrons. The molecule has 1 aliphatic rings. The molecule has 9 heteroatoms. The second-order valence-electron chi connectivity index (χ2n) is 6.98. The van der Waals surface area contributed by atoms with Gasteiger partial charge < -0.3 is 18.9 Å². The van der Waals surface area contributed by atoms with Crippen LogP contribution in [0.5, 0.6) is 0 Å². The molecule has 1 aliphatic heterocycles. The van der Waals surface area contributed by atoms with Crippen molar-refractivity contribution in [2.24, 2.45) is 0 Å². The number of hydrogen-bond acceptors (Lipinski definition) is 7. The van der Waals surface area contributed by atoms with Crippen molar-refractivity contribution >= 4 is 6.09 Å². The number of aromatic amines is 1. The Kier molecular flexibility index (Phi) is 5.03. The Bertz CT molecular complexity index is 684. The first-order valence-electron chi connectivity index (χ1n) is 8.32. The van der Waals surface area contributed by atoms with Gasteiger partial charge in [0.2, 0.25) is 0 Å². The SMILES string of the molecule is CC(C)(C)OC(=O)N1CCC(OCc2noc(-c3cn[nH]c3)n2)CC1. The van der Waals surface area contributed by atoms with Gasteiger partial charge in [0.25, 0.3) is 5.89 Å². The van der Waals surface area contributed by atoms with Crippen LogP contribution in [0.2, 0.25) is 0 Å². The van der Waals surface area contributed by atoms with E-state index < -0.39 is 5.60 Å². The van der Waals surface area contributed by atoms with E-state index in [1.54, 1.807) is 17.3 Å². The van der Waals surface area contributed by atoms with Crippen LogP contribution in [0.15, 0.2) is 16.9 Å². The molecule has 2 aromatic rings. The molecule has 9 nitrogen and oxygen atoms in total. The smallest absolute Gasteiger partial charge is 0.410 e. The van der Waals surface area contributed by atoms with E-state index in [0.29, 0.717) is 24.8 Å². The molecule has 0 aromatic carbocycles. The van der Waals surface area contributed by atoms with Gasteiger partial charge in [-0.05, 0) is 33.6 Å². The first-order chi connectivity index (χ1) is 11.9. The van der Waals surface area contributed by atoms with E-state index in [1.165, 1.54) is 0 Å². The number of piperidine rings is 1. The average Bonchev–Trinajstić information content (AvgIpc) is 3.23. The van der Waals surface area contributed by atoms with Crippen LogP contribution in [0.1, 0.15) is 39.4 Å². The average molecular weight is 349 g/mol. The molecule has 0 aliphatic carbocycles. The number of hydrogen-bond donors (Lipinski definition) is 1. The lowest BCUT2D eigenvalue weighted by Crippen LogP contribution is -2.43. The second-order valence-corrected chi connectivity index (χ2v) is 6.98. The number of ether oxygens (including phenoxy) is 2. The van der Waals surface area contributed by atoms with Crippen LogP contribution < -0.4 is 0 Å². The van der Waals surface area contributed by atoms with Crippen LogP contribution in [-0.2, 0) is 16.1 Å². The third-order valence-corrected chi connectivity index (χ3v) is 3.76. The summed E-state index contributed by atoms with van der Waals surface area (Å²) in [5.41, 5.74) is 0.264. The summed E-state index contributed by atoms with van der Waals surface area (Å²) in [6.45, 7) is 7.10. The van der Waals surface area contributed by atoms with Gasteiger partial charge in [0.1, 0.15) is 12.2 Å². The molecule has 0 bridgehead atoms. The van der Waals surface area contributed by atoms with Gasteiger partial charge in [-0.15, -0.1) is 0 Å². The molecule has 0 unspecified atom stereocenters. The minimum Gasteiger partial charge on any atom is -0.444 e. The third-order valence-electron chi connectivity index (χ3n) is 3.76. The summed E-state index contributed by atoms with van der Waals surface area (Å²) in [5.74, 6) is 0.901. The predicted molar refractivity (Wildman–Crippen MR) is 87.5 cm³/mol. The van der Waals surface area contributed by atoms with E-state index in [1.807, 2.05) is 20.8 Å². The quantitative estimate of drug-likeness (QED) is 0.903. The Labute approximate surface area is 145 Å². The monoisotopic (exact) mass is 349 g/mol. The topological polar surface area (TPSA) is 106 Å². The molecule has 3 heterocycles. The van der Waals surface area contributed by atoms with Gasteiger partial charge in [0.15, 0.2) is 5.82 Å². The number of H-pyrrole nitrogens is 1. The number of carbonyl (C=O) groups excluding carboxylic acids is 1. The number of likely N-dealkylation sites (tertiary alicyclic amines) is 1. The molecule has 0 spiro atoms. The van der Waals surface area contributed by atoms with Crippen LogP contribution in [-0.4, -0.2) is 56.1 Å². The van der Waals surface area contributed by atoms with Crippen LogP contribution in [0, 0.1) is 0 Å². The van der Waals surface area contributed by atoms with Gasteiger partial charge in [-0.2, -0.15) is 10.1 Å². The van der Waals surface area contributed by atoms with E-state index in [9.17, 15) is 4.79 Å². The predicted octanol–water partition coefficient (Wildman–Crippen LogP) is 2.38. The number of carbonyl (C=O) groups is 1. The van der Waals surface area contributed by atoms with Crippen LogP contribution in [0.4, 0.5) is 4.79 Å². The first kappa shape index (κ1) is 17.4. The van der Waals surface area contributed by atoms with E-state index in [4.69, 9.17) is 14.0 Å². The zero-order valence-corrected chi connectivity index (χ0v) is 14.7. The third kappa shape index (κ3) is 4.79. The molecular formula is C16H23N5O4. The summed E-state index contributed by atoms with van der Waals surface area (Å²) in [6, 6.07) is 0. The van der Waals surface area contributed by atoms with Gasteiger partial charge in [0.05, 0.1) is 17.9 Å². The highest BCUT2D eigenvalue weighted by atomic mass is 16.6. The van der Waals surface area contributed by atoms with Gasteiger partial charge in [-0.3, -0.25) is 5.10 Å². The van der Waals surface area contributed by atoms with E-state index in [2.05, 4.69) is 20.3 Å². The zero-order chi connectivity index (χ0) is 17.9. The van der Waals surface area contributed by atoms with E-state index in [0.717, 1.165) is 18.4 Å². The molecule has 3 rings (SSSR count). The van der Waals surface area contributed by atoms with Gasteiger partial charge in [0, 0.05) is 19.3 Å². The number of aromatic nitrogens is 4. The molecule has 0 saturated carbocycles. The highest BCUT2D eigenvalue weighted by molar-refractivity contribution is 5.68. The molecule has 2 aromatic heterocycles. The zero-order valence-electron chi connectivity index (χ0n) is 14.7. The standard InChI is InChI=1S/C16H23N5O4/c1-16(2,3)24-15(22)21-6-4-12(5-7-21)23-10-13-19-14(25-20-13)11-8-17-18-9-11/h8-9,12H,4-7,10H2,1-3H3,(H,17,18). The molecule has 1 fully saturated rings. The molecule has 25 heavy (non-hydrogen) atoms. The van der Waals surface area contributed by atoms with E-state index >= 15 is 0 Å². The summed E-state index contributed by atoms with van der Waals surface area (Å²) in [7, 11) is 0. The minimum absolute atomic E-state index is 0.0644. The maximum Gasteiger partial charge on any atom is 0.410 e. The summed E-state index contributed by atoms with van der Waals surface area (Å²) < 4.78 is 16.4. The van der Waals surface area contributed by atoms with Crippen molar-refractivity contribution in [3.05, 3.63) is 18.2 Å². The van der Waals surface area contributed by atoms with Crippen LogP contribution in [0.25, 0.3) is 11.5 Å². The van der Waals surface area contributed by atoms with Crippen molar-refractivity contribution < 1.29 is 18.8 Å². The molecule has 1 N–H and O–H groups in total. The van der Waals surface area contributed by atoms with Crippen LogP contribution >= 0.6 is 0 Å². The Balaban J connectivity index is 1.43. The maximum atomic E-state index is 12.0. The lowest BCUT2D eigenvalue weighted by molar-refractivity contribution is -0.0190. The van der Waals surface area contributed by atoms with Gasteiger partial charge in [-0.1, -0.05) is 5.16 Å². The molecule has 1 saturated heterocycles.